The van der Waals surface area contributed by atoms with Crippen molar-refractivity contribution < 1.29 is 30.7 Å². The van der Waals surface area contributed by atoms with E-state index in [0.29, 0.717) is 18.1 Å². The summed E-state index contributed by atoms with van der Waals surface area (Å²) in [5.74, 6) is -1.88. The molecule has 0 spiro atoms. The van der Waals surface area contributed by atoms with Crippen molar-refractivity contribution >= 4 is 22.3 Å². The molecular weight excluding hydrogens is 551 g/mol. The van der Waals surface area contributed by atoms with Crippen LogP contribution in [0.25, 0.3) is 22.2 Å². The first-order chi connectivity index (χ1) is 18.6. The summed E-state index contributed by atoms with van der Waals surface area (Å²) in [6.45, 7) is 2.58. The number of nitrogens with one attached hydrogen (secondary N) is 1. The number of alkyl halides is 6. The van der Waals surface area contributed by atoms with Gasteiger partial charge in [-0.3, -0.25) is 9.59 Å². The zero-order valence-electron chi connectivity index (χ0n) is 20.7. The molecule has 40 heavy (non-hydrogen) atoms. The lowest BCUT2D eigenvalue weighted by Gasteiger charge is -2.11. The minimum absolute atomic E-state index is 0.129. The smallest absolute Gasteiger partial charge is 0.397 e. The molecule has 0 bridgehead atoms. The Labute approximate surface area is 220 Å². The van der Waals surface area contributed by atoms with Gasteiger partial charge in [0.2, 0.25) is 0 Å². The van der Waals surface area contributed by atoms with Gasteiger partial charge in [0, 0.05) is 18.9 Å². The predicted molar refractivity (Wildman–Crippen MR) is 132 cm³/mol. The monoisotopic (exact) mass is 573 g/mol. The predicted octanol–water partition coefficient (Wildman–Crippen LogP) is 4.76. The molecule has 0 unspecified atom stereocenters. The van der Waals surface area contributed by atoms with Crippen LogP contribution in [0.2, 0.25) is 0 Å². The normalized spacial score (nSPS) is 11.8. The first-order valence-electron chi connectivity index (χ1n) is 11.6. The molecule has 0 radical (unpaired) electrons. The standard InChI is InChI=1S/C19H18F4N4O.C5H4F3N3O/c1-2-3-4-6-27-7-5-11-8-13(15(20)9-12(11)18(27)28)17-25-10-14(16(24)26-17)19(21,22)23;6-5(7,8)3-2(9)1-10-11-4(3)12/h5,7-10H,2-4,6H2,1H3,(H2,24,25,26);1H,(H3,9,11,12). The van der Waals surface area contributed by atoms with E-state index in [9.17, 15) is 40.3 Å². The van der Waals surface area contributed by atoms with Gasteiger partial charge in [-0.25, -0.2) is 19.5 Å². The minimum Gasteiger partial charge on any atom is -0.397 e. The van der Waals surface area contributed by atoms with Gasteiger partial charge in [0.05, 0.1) is 22.8 Å². The molecule has 4 rings (SSSR count). The van der Waals surface area contributed by atoms with Crippen molar-refractivity contribution in [1.82, 2.24) is 24.7 Å². The Bertz CT molecular complexity index is 1630. The molecule has 5 N–H and O–H groups in total. The second kappa shape index (κ2) is 11.7. The second-order valence-corrected chi connectivity index (χ2v) is 8.46. The van der Waals surface area contributed by atoms with Gasteiger partial charge in [-0.2, -0.15) is 31.4 Å². The van der Waals surface area contributed by atoms with Crippen LogP contribution in [0.1, 0.15) is 37.3 Å². The largest absolute Gasteiger partial charge is 0.423 e. The fourth-order valence-corrected chi connectivity index (χ4v) is 3.63. The molecule has 1 aromatic carbocycles. The van der Waals surface area contributed by atoms with E-state index >= 15 is 0 Å². The van der Waals surface area contributed by atoms with E-state index in [4.69, 9.17) is 11.5 Å². The number of nitrogens with zero attached hydrogens (tertiary/aromatic N) is 4. The van der Waals surface area contributed by atoms with Crippen LogP contribution in [0.3, 0.4) is 0 Å². The lowest BCUT2D eigenvalue weighted by molar-refractivity contribution is -0.138. The van der Waals surface area contributed by atoms with E-state index in [1.54, 1.807) is 17.4 Å². The fourth-order valence-electron chi connectivity index (χ4n) is 3.63. The summed E-state index contributed by atoms with van der Waals surface area (Å²) in [4.78, 5) is 30.3. The Balaban J connectivity index is 0.000000307. The number of aromatic nitrogens is 5. The van der Waals surface area contributed by atoms with Crippen molar-refractivity contribution in [3.63, 3.8) is 0 Å². The number of halogens is 7. The summed E-state index contributed by atoms with van der Waals surface area (Å²) in [6.07, 6.45) is -3.74. The van der Waals surface area contributed by atoms with Gasteiger partial charge in [0.1, 0.15) is 22.8 Å². The molecule has 0 saturated carbocycles. The Morgan fingerprint density at radius 2 is 1.70 bits per heavy atom. The molecule has 0 fully saturated rings. The third-order valence-electron chi connectivity index (χ3n) is 5.60. The zero-order valence-corrected chi connectivity index (χ0v) is 20.7. The van der Waals surface area contributed by atoms with Gasteiger partial charge in [-0.05, 0) is 30.0 Å². The van der Waals surface area contributed by atoms with Crippen molar-refractivity contribution in [1.29, 1.82) is 0 Å². The van der Waals surface area contributed by atoms with Crippen LogP contribution in [0.4, 0.5) is 42.2 Å². The van der Waals surface area contributed by atoms with E-state index in [-0.39, 0.29) is 22.3 Å². The van der Waals surface area contributed by atoms with E-state index in [1.165, 1.54) is 10.6 Å². The Morgan fingerprint density at radius 3 is 2.25 bits per heavy atom. The van der Waals surface area contributed by atoms with Crippen molar-refractivity contribution in [3.05, 3.63) is 74.4 Å². The van der Waals surface area contributed by atoms with Crippen LogP contribution in [-0.4, -0.2) is 24.7 Å². The number of benzene rings is 1. The molecule has 214 valence electrons. The van der Waals surface area contributed by atoms with Crippen molar-refractivity contribution in [3.8, 4) is 11.4 Å². The first-order valence-corrected chi connectivity index (χ1v) is 11.6. The third-order valence-corrected chi connectivity index (χ3v) is 5.60. The molecule has 0 aliphatic rings. The summed E-state index contributed by atoms with van der Waals surface area (Å²) in [5.41, 5.74) is 5.21. The zero-order chi connectivity index (χ0) is 29.8. The number of hydrogen-bond acceptors (Lipinski definition) is 7. The number of rotatable bonds is 5. The first kappa shape index (κ1) is 30.0. The average Bonchev–Trinajstić information content (AvgIpc) is 2.84. The molecule has 0 atom stereocenters. The highest BCUT2D eigenvalue weighted by Crippen LogP contribution is 2.34. The molecular formula is C24H22F7N7O2. The maximum atomic E-state index is 14.6. The van der Waals surface area contributed by atoms with Crippen molar-refractivity contribution in [2.75, 3.05) is 11.5 Å². The molecule has 3 heterocycles. The highest BCUT2D eigenvalue weighted by atomic mass is 19.4. The molecule has 3 aromatic heterocycles. The van der Waals surface area contributed by atoms with Crippen LogP contribution in [0.15, 0.2) is 46.4 Å². The molecule has 9 nitrogen and oxygen atoms in total. The second-order valence-electron chi connectivity index (χ2n) is 8.46. The Kier molecular flexibility index (Phi) is 8.80. The number of H-pyrrole nitrogens is 1. The van der Waals surface area contributed by atoms with Gasteiger partial charge >= 0.3 is 12.4 Å². The van der Waals surface area contributed by atoms with E-state index in [1.807, 2.05) is 0 Å². The Morgan fingerprint density at radius 1 is 1.00 bits per heavy atom. The maximum Gasteiger partial charge on any atom is 0.423 e. The highest BCUT2D eigenvalue weighted by molar-refractivity contribution is 5.86. The number of aromatic amines is 1. The summed E-state index contributed by atoms with van der Waals surface area (Å²) >= 11 is 0. The topological polar surface area (TPSA) is 146 Å². The van der Waals surface area contributed by atoms with Crippen LogP contribution in [0, 0.1) is 5.82 Å². The van der Waals surface area contributed by atoms with Crippen LogP contribution >= 0.6 is 0 Å². The molecule has 0 aliphatic carbocycles. The van der Waals surface area contributed by atoms with Crippen LogP contribution < -0.4 is 22.6 Å². The van der Waals surface area contributed by atoms with Crippen LogP contribution in [-0.2, 0) is 18.9 Å². The molecule has 0 saturated heterocycles. The average molecular weight is 573 g/mol. The summed E-state index contributed by atoms with van der Waals surface area (Å²) < 4.78 is 90.4. The molecule has 0 amide bonds. The molecule has 0 aliphatic heterocycles. The van der Waals surface area contributed by atoms with Gasteiger partial charge < -0.3 is 16.0 Å². The van der Waals surface area contributed by atoms with Gasteiger partial charge in [0.15, 0.2) is 5.82 Å². The highest BCUT2D eigenvalue weighted by Gasteiger charge is 2.36. The number of unbranched alkanes of at least 4 members (excludes halogenated alkanes) is 2. The SMILES string of the molecule is CCCCCn1ccc2cc(-c3ncc(C(F)(F)F)c(N)n3)c(F)cc2c1=O.Nc1cn[nH]c(=O)c1C(F)(F)F. The summed E-state index contributed by atoms with van der Waals surface area (Å²) in [5, 5.41) is 5.36. The summed E-state index contributed by atoms with van der Waals surface area (Å²) in [6, 6.07) is 4.05. The quantitative estimate of drug-likeness (QED) is 0.231. The van der Waals surface area contributed by atoms with Gasteiger partial charge in [0.25, 0.3) is 11.1 Å². The number of pyridine rings is 1. The van der Waals surface area contributed by atoms with Gasteiger partial charge in [-0.15, -0.1) is 0 Å². The summed E-state index contributed by atoms with van der Waals surface area (Å²) in [7, 11) is 0. The maximum absolute atomic E-state index is 14.6. The number of hydrogen-bond donors (Lipinski definition) is 3. The van der Waals surface area contributed by atoms with Crippen molar-refractivity contribution in [2.24, 2.45) is 0 Å². The number of nitrogens with two attached hydrogens (primary N) is 2. The lowest BCUT2D eigenvalue weighted by Crippen LogP contribution is -2.24. The van der Waals surface area contributed by atoms with E-state index in [2.05, 4.69) is 22.0 Å². The third kappa shape index (κ3) is 6.73. The number of aryl methyl sites for hydroxylation is 1. The fraction of sp³-hybridized carbons (Fsp3) is 0.292. The molecule has 16 heteroatoms. The van der Waals surface area contributed by atoms with Gasteiger partial charge in [-0.1, -0.05) is 19.8 Å². The van der Waals surface area contributed by atoms with E-state index < -0.39 is 46.4 Å². The van der Waals surface area contributed by atoms with Crippen LogP contribution in [0.5, 0.6) is 0 Å². The van der Waals surface area contributed by atoms with E-state index in [0.717, 1.165) is 31.5 Å². The Hall–Kier alpha value is -4.50. The number of anilines is 2. The number of nitrogen functional groups attached to an aromatic ring is 2. The molecule has 4 aromatic rings. The minimum atomic E-state index is -4.74. The lowest BCUT2D eigenvalue weighted by atomic mass is 10.1. The number of fused-ring (bicyclic) bond motifs is 1. The van der Waals surface area contributed by atoms with Crippen molar-refractivity contribution in [2.45, 2.75) is 45.1 Å².